The summed E-state index contributed by atoms with van der Waals surface area (Å²) in [5.74, 6) is 0.831. The Kier molecular flexibility index (Phi) is 8.71. The normalized spacial score (nSPS) is 11.9. The summed E-state index contributed by atoms with van der Waals surface area (Å²) in [6.45, 7) is 6.28. The van der Waals surface area contributed by atoms with E-state index >= 15 is 0 Å². The van der Waals surface area contributed by atoms with Crippen molar-refractivity contribution in [3.8, 4) is 11.5 Å². The number of rotatable bonds is 10. The molecule has 0 aliphatic carbocycles. The van der Waals surface area contributed by atoms with Gasteiger partial charge in [-0.1, -0.05) is 53.1 Å². The molecule has 0 saturated carbocycles. The third kappa shape index (κ3) is 5.42. The van der Waals surface area contributed by atoms with Gasteiger partial charge in [0.15, 0.2) is 17.3 Å². The first kappa shape index (κ1) is 28.0. The van der Waals surface area contributed by atoms with E-state index in [1.54, 1.807) is 27.4 Å². The number of aryl methyl sites for hydroxylation is 3. The summed E-state index contributed by atoms with van der Waals surface area (Å²) in [6, 6.07) is 31.4. The average molecular weight is 548 g/mol. The summed E-state index contributed by atoms with van der Waals surface area (Å²) in [7, 11) is -0.842. The first-order valence-electron chi connectivity index (χ1n) is 12.5. The number of hydrogen-bond acceptors (Lipinski definition) is 5. The molecular formula is C31H36O5PSi+. The van der Waals surface area contributed by atoms with Crippen LogP contribution in [0.4, 0.5) is 0 Å². The van der Waals surface area contributed by atoms with Gasteiger partial charge in [0.25, 0.3) is 0 Å². The largest absolute Gasteiger partial charge is 0.539 e. The Bertz CT molecular complexity index is 1230. The Morgan fingerprint density at radius 1 is 0.605 bits per heavy atom. The zero-order valence-electron chi connectivity index (χ0n) is 22.9. The molecule has 0 fully saturated rings. The molecule has 0 radical (unpaired) electrons. The highest BCUT2D eigenvalue weighted by molar-refractivity contribution is 8.01. The molecule has 0 unspecified atom stereocenters. The molecule has 0 spiro atoms. The number of phenolic OH excluding ortho intramolecular Hbond substituents is 1. The van der Waals surface area contributed by atoms with Gasteiger partial charge < -0.3 is 23.1 Å². The maximum absolute atomic E-state index is 10.8. The molecule has 198 valence electrons. The summed E-state index contributed by atoms with van der Waals surface area (Å²) in [5, 5.41) is 15.3. The van der Waals surface area contributed by atoms with E-state index in [1.165, 1.54) is 32.6 Å². The van der Waals surface area contributed by atoms with E-state index in [4.69, 9.17) is 18.0 Å². The zero-order chi connectivity index (χ0) is 27.3. The molecule has 0 aromatic heterocycles. The molecule has 0 amide bonds. The van der Waals surface area contributed by atoms with Crippen molar-refractivity contribution >= 4 is 37.3 Å². The van der Waals surface area contributed by atoms with Crippen LogP contribution in [-0.4, -0.2) is 41.5 Å². The van der Waals surface area contributed by atoms with Gasteiger partial charge in [-0.15, -0.1) is 0 Å². The van der Waals surface area contributed by atoms with Crippen molar-refractivity contribution in [1.82, 2.24) is 0 Å². The lowest BCUT2D eigenvalue weighted by Crippen LogP contribution is -2.49. The summed E-state index contributed by atoms with van der Waals surface area (Å²) in [5.41, 5.74) is 3.55. The second-order valence-corrected chi connectivity index (χ2v) is 15.7. The van der Waals surface area contributed by atoms with E-state index in [0.717, 1.165) is 5.30 Å². The van der Waals surface area contributed by atoms with Gasteiger partial charge in [-0.05, 0) is 69.3 Å². The fourth-order valence-electron chi connectivity index (χ4n) is 4.65. The van der Waals surface area contributed by atoms with E-state index in [1.807, 2.05) is 12.1 Å². The number of aromatic hydroxyl groups is 1. The van der Waals surface area contributed by atoms with Crippen LogP contribution in [0, 0.1) is 20.8 Å². The van der Waals surface area contributed by atoms with Crippen molar-refractivity contribution < 1.29 is 23.1 Å². The lowest BCUT2D eigenvalue weighted by atomic mass is 10.2. The summed E-state index contributed by atoms with van der Waals surface area (Å²) >= 11 is 0. The van der Waals surface area contributed by atoms with Gasteiger partial charge in [-0.3, -0.25) is 0 Å². The molecule has 4 aromatic carbocycles. The van der Waals surface area contributed by atoms with Crippen molar-refractivity contribution in [2.75, 3.05) is 27.6 Å². The van der Waals surface area contributed by atoms with Gasteiger partial charge in [0, 0.05) is 27.4 Å². The number of hydrogen-bond donors (Lipinski definition) is 1. The van der Waals surface area contributed by atoms with E-state index in [2.05, 4.69) is 93.6 Å². The Balaban J connectivity index is 2.07. The van der Waals surface area contributed by atoms with Crippen molar-refractivity contribution in [2.24, 2.45) is 0 Å². The van der Waals surface area contributed by atoms with E-state index in [0.29, 0.717) is 5.75 Å². The topological polar surface area (TPSA) is 57.2 Å². The Morgan fingerprint density at radius 2 is 1.00 bits per heavy atom. The monoisotopic (exact) mass is 547 g/mol. The highest BCUT2D eigenvalue weighted by Gasteiger charge is 2.51. The van der Waals surface area contributed by atoms with Crippen LogP contribution < -0.4 is 26.0 Å². The predicted molar refractivity (Wildman–Crippen MR) is 159 cm³/mol. The lowest BCUT2D eigenvalue weighted by Gasteiger charge is -2.30. The maximum atomic E-state index is 10.8. The van der Waals surface area contributed by atoms with Gasteiger partial charge in [0.05, 0.1) is 0 Å². The molecule has 0 atom stereocenters. The molecule has 0 aliphatic rings. The smallest absolute Gasteiger partial charge is 0.508 e. The lowest BCUT2D eigenvalue weighted by molar-refractivity contribution is 0.100. The third-order valence-electron chi connectivity index (χ3n) is 6.91. The van der Waals surface area contributed by atoms with Crippen molar-refractivity contribution in [2.45, 2.75) is 20.8 Å². The van der Waals surface area contributed by atoms with E-state index in [-0.39, 0.29) is 12.0 Å². The van der Waals surface area contributed by atoms with Crippen LogP contribution in [0.25, 0.3) is 0 Å². The molecule has 7 heteroatoms. The third-order valence-corrected chi connectivity index (χ3v) is 13.6. The van der Waals surface area contributed by atoms with Gasteiger partial charge >= 0.3 is 8.80 Å². The number of benzene rings is 4. The van der Waals surface area contributed by atoms with E-state index < -0.39 is 16.1 Å². The number of ether oxygens (including phenoxy) is 1. The van der Waals surface area contributed by atoms with Crippen LogP contribution in [0.5, 0.6) is 11.5 Å². The second kappa shape index (κ2) is 11.8. The van der Waals surface area contributed by atoms with Crippen LogP contribution >= 0.6 is 7.26 Å². The summed E-state index contributed by atoms with van der Waals surface area (Å²) in [6.07, 6.45) is 0.129. The van der Waals surface area contributed by atoms with Crippen LogP contribution in [0.15, 0.2) is 91.0 Å². The molecule has 4 aromatic rings. The van der Waals surface area contributed by atoms with Gasteiger partial charge in [-0.25, -0.2) is 0 Å². The quantitative estimate of drug-likeness (QED) is 0.230. The Labute approximate surface area is 227 Å². The molecular weight excluding hydrogens is 511 g/mol. The summed E-state index contributed by atoms with van der Waals surface area (Å²) < 4.78 is 23.4. The van der Waals surface area contributed by atoms with Crippen molar-refractivity contribution in [1.29, 1.82) is 0 Å². The molecule has 38 heavy (non-hydrogen) atoms. The Morgan fingerprint density at radius 3 is 1.37 bits per heavy atom. The minimum atomic E-state index is -3.03. The van der Waals surface area contributed by atoms with Gasteiger partial charge in [0.1, 0.15) is 28.9 Å². The predicted octanol–water partition coefficient (Wildman–Crippen LogP) is 4.73. The minimum absolute atomic E-state index is 0.129. The van der Waals surface area contributed by atoms with Crippen molar-refractivity contribution in [3.63, 3.8) is 0 Å². The molecule has 0 saturated heterocycles. The van der Waals surface area contributed by atoms with E-state index in [9.17, 15) is 5.11 Å². The van der Waals surface area contributed by atoms with Crippen LogP contribution in [0.3, 0.4) is 0 Å². The summed E-state index contributed by atoms with van der Waals surface area (Å²) in [4.78, 5) is 0. The standard InChI is InChI=1S/C31H35O5PSi/c1-23-7-14-27(15-8-23)37(28-16-9-24(2)10-17-28,29-18-11-25(3)12-19-29)31-21-26(32)13-20-30(31)36-22-38(33-4,34-5)35-6/h7-21H,22H2,1-6H3/p+1. The molecule has 0 bridgehead atoms. The average Bonchev–Trinajstić information content (AvgIpc) is 2.94. The van der Waals surface area contributed by atoms with Gasteiger partial charge in [0.2, 0.25) is 0 Å². The fraction of sp³-hybridized carbons (Fsp3) is 0.226. The molecule has 5 nitrogen and oxygen atoms in total. The molecule has 0 heterocycles. The SMILES string of the molecule is CO[Si](COc1ccc(O)cc1[P+](c1ccc(C)cc1)(c1ccc(C)cc1)c1ccc(C)cc1)(OC)OC. The van der Waals surface area contributed by atoms with Crippen LogP contribution in [0.2, 0.25) is 0 Å². The number of phenols is 1. The second-order valence-electron chi connectivity index (χ2n) is 9.41. The maximum Gasteiger partial charge on any atom is 0.539 e. The highest BCUT2D eigenvalue weighted by atomic mass is 31.2. The first-order chi connectivity index (χ1) is 18.3. The first-order valence-corrected chi connectivity index (χ1v) is 16.2. The molecule has 1 N–H and O–H groups in total. The molecule has 4 rings (SSSR count). The van der Waals surface area contributed by atoms with Crippen LogP contribution in [0.1, 0.15) is 16.7 Å². The highest BCUT2D eigenvalue weighted by Crippen LogP contribution is 2.56. The van der Waals surface area contributed by atoms with Crippen LogP contribution in [-0.2, 0) is 13.3 Å². The fourth-order valence-corrected chi connectivity index (χ4v) is 10.2. The van der Waals surface area contributed by atoms with Gasteiger partial charge in [-0.2, -0.15) is 0 Å². The Hall–Kier alpha value is -2.99. The molecule has 0 aliphatic heterocycles. The zero-order valence-corrected chi connectivity index (χ0v) is 24.8. The van der Waals surface area contributed by atoms with Crippen molar-refractivity contribution in [3.05, 3.63) is 108 Å². The minimum Gasteiger partial charge on any atom is -0.508 e.